The van der Waals surface area contributed by atoms with Crippen molar-refractivity contribution < 1.29 is 18.4 Å². The van der Waals surface area contributed by atoms with Gasteiger partial charge in [-0.1, -0.05) is 6.58 Å². The highest BCUT2D eigenvalue weighted by molar-refractivity contribution is 5.37. The number of rotatable bonds is 8. The smallest absolute Gasteiger partial charge is 0.305 e. The van der Waals surface area contributed by atoms with Crippen LogP contribution in [0, 0.1) is 21.7 Å². The molecule has 0 amide bonds. The maximum Gasteiger partial charge on any atom is 0.305 e. The molecule has 1 aromatic carbocycles. The molecule has 0 bridgehead atoms. The van der Waals surface area contributed by atoms with Crippen molar-refractivity contribution in [2.75, 3.05) is 13.2 Å². The van der Waals surface area contributed by atoms with Gasteiger partial charge in [-0.05, 0) is 13.0 Å². The average molecular weight is 272 g/mol. The predicted octanol–water partition coefficient (Wildman–Crippen LogP) is 2.51. The van der Waals surface area contributed by atoms with E-state index >= 15 is 0 Å². The number of nitro groups is 1. The Hall–Kier alpha value is -2.02. The first-order valence-electron chi connectivity index (χ1n) is 5.61. The van der Waals surface area contributed by atoms with Crippen molar-refractivity contribution in [2.45, 2.75) is 13.0 Å². The van der Waals surface area contributed by atoms with E-state index in [4.69, 9.17) is 4.74 Å². The third-order valence-electron chi connectivity index (χ3n) is 2.36. The van der Waals surface area contributed by atoms with Gasteiger partial charge in [-0.3, -0.25) is 10.1 Å². The van der Waals surface area contributed by atoms with Gasteiger partial charge in [0.05, 0.1) is 17.8 Å². The van der Waals surface area contributed by atoms with E-state index in [1.165, 1.54) is 6.26 Å². The minimum Gasteiger partial charge on any atom is -0.502 e. The molecule has 0 spiro atoms. The number of nitrogens with zero attached hydrogens (tertiary/aromatic N) is 1. The van der Waals surface area contributed by atoms with E-state index in [2.05, 4.69) is 11.9 Å². The van der Waals surface area contributed by atoms with Crippen LogP contribution in [0.5, 0.6) is 0 Å². The Labute approximate surface area is 109 Å². The fourth-order valence-corrected chi connectivity index (χ4v) is 1.44. The summed E-state index contributed by atoms with van der Waals surface area (Å²) in [4.78, 5) is 9.65. The Morgan fingerprint density at radius 1 is 1.42 bits per heavy atom. The van der Waals surface area contributed by atoms with Crippen molar-refractivity contribution in [3.63, 3.8) is 0 Å². The van der Waals surface area contributed by atoms with Gasteiger partial charge in [0.25, 0.3) is 0 Å². The van der Waals surface area contributed by atoms with Crippen molar-refractivity contribution >= 4 is 5.69 Å². The van der Waals surface area contributed by atoms with Crippen molar-refractivity contribution in [1.29, 1.82) is 0 Å². The molecule has 0 aliphatic carbocycles. The number of nitro benzene ring substituents is 1. The molecule has 1 rings (SSSR count). The van der Waals surface area contributed by atoms with Crippen LogP contribution in [0.3, 0.4) is 0 Å². The van der Waals surface area contributed by atoms with E-state index in [1.54, 1.807) is 0 Å². The number of hydrogen-bond donors (Lipinski definition) is 1. The molecule has 1 aromatic rings. The zero-order valence-electron chi connectivity index (χ0n) is 10.2. The van der Waals surface area contributed by atoms with Gasteiger partial charge in [0.1, 0.15) is 5.82 Å². The first-order chi connectivity index (χ1) is 9.06. The van der Waals surface area contributed by atoms with Crippen LogP contribution in [-0.2, 0) is 11.3 Å². The third kappa shape index (κ3) is 4.63. The summed E-state index contributed by atoms with van der Waals surface area (Å²) >= 11 is 0. The summed E-state index contributed by atoms with van der Waals surface area (Å²) in [5.41, 5.74) is -0.675. The summed E-state index contributed by atoms with van der Waals surface area (Å²) in [6.45, 7) is 4.48. The molecule has 0 unspecified atom stereocenters. The summed E-state index contributed by atoms with van der Waals surface area (Å²) in [5.74, 6) is -1.98. The molecule has 0 radical (unpaired) electrons. The topological polar surface area (TPSA) is 64.4 Å². The Balaban J connectivity index is 2.56. The molecule has 7 heteroatoms. The normalized spacial score (nSPS) is 10.2. The van der Waals surface area contributed by atoms with Crippen molar-refractivity contribution in [1.82, 2.24) is 5.32 Å². The van der Waals surface area contributed by atoms with Gasteiger partial charge in [0.2, 0.25) is 5.82 Å². The largest absolute Gasteiger partial charge is 0.502 e. The molecule has 1 N–H and O–H groups in total. The molecule has 0 saturated heterocycles. The highest BCUT2D eigenvalue weighted by Gasteiger charge is 2.17. The number of nitrogens with one attached hydrogen (secondary N) is 1. The van der Waals surface area contributed by atoms with E-state index in [-0.39, 0.29) is 12.1 Å². The maximum absolute atomic E-state index is 13.4. The molecule has 0 saturated carbocycles. The third-order valence-corrected chi connectivity index (χ3v) is 2.36. The zero-order valence-corrected chi connectivity index (χ0v) is 10.2. The van der Waals surface area contributed by atoms with Crippen LogP contribution in [-0.4, -0.2) is 18.1 Å². The number of halogens is 2. The summed E-state index contributed by atoms with van der Waals surface area (Å²) in [6.07, 6.45) is 2.00. The lowest BCUT2D eigenvalue weighted by Crippen LogP contribution is -2.17. The van der Waals surface area contributed by atoms with Gasteiger partial charge in [-0.2, -0.15) is 4.39 Å². The monoisotopic (exact) mass is 272 g/mol. The van der Waals surface area contributed by atoms with Gasteiger partial charge in [0.15, 0.2) is 0 Å². The van der Waals surface area contributed by atoms with Crippen molar-refractivity contribution in [3.05, 3.63) is 52.3 Å². The van der Waals surface area contributed by atoms with Crippen LogP contribution in [0.1, 0.15) is 12.0 Å². The van der Waals surface area contributed by atoms with Crippen LogP contribution in [0.25, 0.3) is 0 Å². The Morgan fingerprint density at radius 3 is 2.79 bits per heavy atom. The summed E-state index contributed by atoms with van der Waals surface area (Å²) in [6, 6.07) is 1.42. The molecular formula is C12H14F2N2O3. The summed E-state index contributed by atoms with van der Waals surface area (Å²) in [7, 11) is 0. The fraction of sp³-hybridized carbons (Fsp3) is 0.333. The molecule has 0 heterocycles. The molecule has 0 aliphatic heterocycles. The molecule has 0 aromatic heterocycles. The van der Waals surface area contributed by atoms with Crippen LogP contribution in [0.4, 0.5) is 14.5 Å². The van der Waals surface area contributed by atoms with Crippen LogP contribution >= 0.6 is 0 Å². The van der Waals surface area contributed by atoms with E-state index in [0.717, 1.165) is 6.07 Å². The first kappa shape index (κ1) is 15.0. The Kier molecular flexibility index (Phi) is 5.87. The molecule has 104 valence electrons. The van der Waals surface area contributed by atoms with Crippen molar-refractivity contribution in [2.24, 2.45) is 0 Å². The zero-order chi connectivity index (χ0) is 14.3. The standard InChI is InChI=1S/C12H14F2N2O3/c1-2-19-5-3-4-15-8-9-6-12(16(17)18)11(14)7-10(9)13/h2,6-7,15H,1,3-5,8H2. The van der Waals surface area contributed by atoms with E-state index in [0.29, 0.717) is 25.6 Å². The second-order valence-electron chi connectivity index (χ2n) is 3.72. The maximum atomic E-state index is 13.4. The Morgan fingerprint density at radius 2 is 2.16 bits per heavy atom. The number of ether oxygens (including phenoxy) is 1. The highest BCUT2D eigenvalue weighted by atomic mass is 19.1. The van der Waals surface area contributed by atoms with Crippen molar-refractivity contribution in [3.8, 4) is 0 Å². The molecule has 0 atom stereocenters. The fourth-order valence-electron chi connectivity index (χ4n) is 1.44. The summed E-state index contributed by atoms with van der Waals surface area (Å²) < 4.78 is 31.4. The summed E-state index contributed by atoms with van der Waals surface area (Å²) in [5, 5.41) is 13.4. The van der Waals surface area contributed by atoms with Gasteiger partial charge in [-0.15, -0.1) is 0 Å². The highest BCUT2D eigenvalue weighted by Crippen LogP contribution is 2.21. The lowest BCUT2D eigenvalue weighted by atomic mass is 10.1. The van der Waals surface area contributed by atoms with Crippen LogP contribution < -0.4 is 5.32 Å². The Bertz CT molecular complexity index is 467. The lowest BCUT2D eigenvalue weighted by Gasteiger charge is -2.06. The lowest BCUT2D eigenvalue weighted by molar-refractivity contribution is -0.387. The average Bonchev–Trinajstić information content (AvgIpc) is 2.35. The predicted molar refractivity (Wildman–Crippen MR) is 65.5 cm³/mol. The van der Waals surface area contributed by atoms with E-state index in [1.807, 2.05) is 0 Å². The van der Waals surface area contributed by atoms with Crippen LogP contribution in [0.15, 0.2) is 25.0 Å². The molecule has 19 heavy (non-hydrogen) atoms. The van der Waals surface area contributed by atoms with Gasteiger partial charge < -0.3 is 10.1 Å². The molecule has 0 fully saturated rings. The number of benzene rings is 1. The number of hydrogen-bond acceptors (Lipinski definition) is 4. The SMILES string of the molecule is C=COCCCNCc1cc([N+](=O)[O-])c(F)cc1F. The quantitative estimate of drug-likeness (QED) is 0.342. The minimum atomic E-state index is -1.18. The molecular weight excluding hydrogens is 258 g/mol. The first-order valence-corrected chi connectivity index (χ1v) is 5.61. The van der Waals surface area contributed by atoms with E-state index in [9.17, 15) is 18.9 Å². The van der Waals surface area contributed by atoms with Gasteiger partial charge in [-0.25, -0.2) is 4.39 Å². The molecule has 5 nitrogen and oxygen atoms in total. The van der Waals surface area contributed by atoms with E-state index < -0.39 is 22.2 Å². The molecule has 0 aliphatic rings. The van der Waals surface area contributed by atoms with Gasteiger partial charge >= 0.3 is 5.69 Å². The van der Waals surface area contributed by atoms with Gasteiger partial charge in [0, 0.05) is 24.2 Å². The van der Waals surface area contributed by atoms with Crippen LogP contribution in [0.2, 0.25) is 0 Å². The second kappa shape index (κ2) is 7.42. The second-order valence-corrected chi connectivity index (χ2v) is 3.72. The minimum absolute atomic E-state index is 0.0535.